The summed E-state index contributed by atoms with van der Waals surface area (Å²) < 4.78 is 12.3. The van der Waals surface area contributed by atoms with Gasteiger partial charge < -0.3 is 30.1 Å². The molecule has 0 saturated heterocycles. The van der Waals surface area contributed by atoms with Gasteiger partial charge in [0.2, 0.25) is 5.91 Å². The van der Waals surface area contributed by atoms with Gasteiger partial charge in [-0.1, -0.05) is 94.8 Å². The summed E-state index contributed by atoms with van der Waals surface area (Å²) >= 11 is 3.60. The van der Waals surface area contributed by atoms with Crippen LogP contribution in [0.5, 0.6) is 0 Å². The minimum absolute atomic E-state index is 0.0556. The lowest BCUT2D eigenvalue weighted by atomic mass is 9.98. The van der Waals surface area contributed by atoms with E-state index in [1.807, 2.05) is 91.1 Å². The molecule has 8 aromatic rings. The zero-order valence-electron chi connectivity index (χ0n) is 31.4. The summed E-state index contributed by atoms with van der Waals surface area (Å²) in [5, 5.41) is 10.4. The summed E-state index contributed by atoms with van der Waals surface area (Å²) in [6.07, 6.45) is 0.744. The predicted molar refractivity (Wildman–Crippen MR) is 227 cm³/mol. The highest BCUT2D eigenvalue weighted by atomic mass is 79.9. The van der Waals surface area contributed by atoms with Crippen LogP contribution < -0.4 is 10.6 Å². The Morgan fingerprint density at radius 3 is 2.23 bits per heavy atom. The number of aromatic nitrogens is 3. The SMILES string of the molecule is CC(C)(C)OC(=O)C[C@@H](NC(=O)OCC1c2ccccc2-c2ccccc21)C(=O)Nc1ccc2c(c1)c1ccccc1c1nc(-c3c[nH]c4ccc(Br)cc34)[nH]c21. The number of esters is 1. The number of hydrogen-bond donors (Lipinski definition) is 4. The van der Waals surface area contributed by atoms with Crippen LogP contribution in [0.15, 0.2) is 120 Å². The van der Waals surface area contributed by atoms with Gasteiger partial charge in [0.05, 0.1) is 17.5 Å². The molecule has 0 fully saturated rings. The number of nitrogens with one attached hydrogen (secondary N) is 4. The average molecular weight is 821 g/mol. The molecule has 0 spiro atoms. The van der Waals surface area contributed by atoms with Crippen molar-refractivity contribution in [3.63, 3.8) is 0 Å². The number of rotatable bonds is 8. The van der Waals surface area contributed by atoms with E-state index in [9.17, 15) is 14.4 Å². The maximum absolute atomic E-state index is 14.0. The van der Waals surface area contributed by atoms with E-state index in [0.29, 0.717) is 5.69 Å². The quantitative estimate of drug-likeness (QED) is 0.0890. The first kappa shape index (κ1) is 36.2. The van der Waals surface area contributed by atoms with Crippen LogP contribution in [0, 0.1) is 0 Å². The summed E-state index contributed by atoms with van der Waals surface area (Å²) in [7, 11) is 0. The molecule has 0 bridgehead atoms. The molecule has 0 unspecified atom stereocenters. The summed E-state index contributed by atoms with van der Waals surface area (Å²) in [6.45, 7) is 5.30. The van der Waals surface area contributed by atoms with Crippen LogP contribution in [0.3, 0.4) is 0 Å². The highest BCUT2D eigenvalue weighted by Crippen LogP contribution is 2.44. The Morgan fingerprint density at radius 2 is 1.49 bits per heavy atom. The molecule has 4 N–H and O–H groups in total. The molecule has 2 amide bonds. The maximum Gasteiger partial charge on any atom is 0.407 e. The zero-order valence-corrected chi connectivity index (χ0v) is 33.0. The highest BCUT2D eigenvalue weighted by molar-refractivity contribution is 9.10. The van der Waals surface area contributed by atoms with Crippen LogP contribution >= 0.6 is 15.9 Å². The second-order valence-corrected chi connectivity index (χ2v) is 16.2. The third kappa shape index (κ3) is 6.88. The minimum Gasteiger partial charge on any atom is -0.460 e. The molecule has 0 radical (unpaired) electrons. The molecular formula is C46H38BrN5O5. The number of benzene rings is 6. The molecule has 2 heterocycles. The Kier molecular flexibility index (Phi) is 9.04. The normalized spacial score (nSPS) is 13.1. The van der Waals surface area contributed by atoms with Gasteiger partial charge >= 0.3 is 12.1 Å². The maximum atomic E-state index is 14.0. The Labute approximate surface area is 336 Å². The fourth-order valence-corrected chi connectivity index (χ4v) is 8.30. The van der Waals surface area contributed by atoms with Gasteiger partial charge in [-0.15, -0.1) is 0 Å². The number of carbonyl (C=O) groups excluding carboxylic acids is 3. The second-order valence-electron chi connectivity index (χ2n) is 15.3. The number of H-pyrrole nitrogens is 2. The number of fused-ring (bicyclic) bond motifs is 10. The number of imidazole rings is 1. The van der Waals surface area contributed by atoms with Gasteiger partial charge in [0.25, 0.3) is 0 Å². The molecule has 284 valence electrons. The Hall–Kier alpha value is -6.46. The number of ether oxygens (including phenoxy) is 2. The van der Waals surface area contributed by atoms with Gasteiger partial charge in [-0.05, 0) is 84.1 Å². The number of alkyl carbamates (subject to hydrolysis) is 1. The first-order valence-electron chi connectivity index (χ1n) is 18.8. The van der Waals surface area contributed by atoms with E-state index in [0.717, 1.165) is 81.6 Å². The van der Waals surface area contributed by atoms with Crippen LogP contribution in [-0.4, -0.2) is 51.2 Å². The van der Waals surface area contributed by atoms with E-state index in [2.05, 4.69) is 54.7 Å². The standard InChI is InChI=1S/C46H38BrN5O5/c1-46(2,3)57-40(53)22-39(50-45(55)56-24-37-29-12-6-4-10-27(29)28-11-5-7-13-30(28)37)44(54)49-26-17-18-33-34(21-26)31-14-8-9-15-32(31)41-42(33)52-43(51-41)36-23-48-38-19-16-25(47)20-35(36)38/h4-21,23,37,39,48H,22,24H2,1-3H3,(H,49,54)(H,50,55)(H,51,52)/t39-/m1/s1. The monoisotopic (exact) mass is 819 g/mol. The van der Waals surface area contributed by atoms with Crippen molar-refractivity contribution >= 4 is 83.1 Å². The molecule has 1 aliphatic carbocycles. The van der Waals surface area contributed by atoms with Gasteiger partial charge in [-0.25, -0.2) is 9.78 Å². The van der Waals surface area contributed by atoms with E-state index >= 15 is 0 Å². The topological polar surface area (TPSA) is 138 Å². The Balaban J connectivity index is 0.999. The Bertz CT molecular complexity index is 2860. The molecule has 9 rings (SSSR count). The lowest BCUT2D eigenvalue weighted by molar-refractivity contribution is -0.156. The van der Waals surface area contributed by atoms with Crippen molar-refractivity contribution in [2.24, 2.45) is 0 Å². The lowest BCUT2D eigenvalue weighted by Gasteiger charge is -2.23. The third-order valence-corrected chi connectivity index (χ3v) is 10.9. The molecule has 57 heavy (non-hydrogen) atoms. The van der Waals surface area contributed by atoms with Crippen LogP contribution in [0.1, 0.15) is 44.2 Å². The number of aromatic amines is 2. The largest absolute Gasteiger partial charge is 0.460 e. The van der Waals surface area contributed by atoms with Crippen molar-refractivity contribution in [3.05, 3.63) is 131 Å². The molecule has 6 aromatic carbocycles. The molecule has 2 aromatic heterocycles. The number of nitrogens with zero attached hydrogens (tertiary/aromatic N) is 1. The number of hydrogen-bond acceptors (Lipinski definition) is 6. The number of halogens is 1. The summed E-state index contributed by atoms with van der Waals surface area (Å²) in [5.74, 6) is -0.663. The highest BCUT2D eigenvalue weighted by Gasteiger charge is 2.31. The fraction of sp³-hybridized carbons (Fsp3) is 0.174. The number of amides is 2. The molecular weight excluding hydrogens is 782 g/mol. The van der Waals surface area contributed by atoms with Gasteiger partial charge in [0.15, 0.2) is 0 Å². The Morgan fingerprint density at radius 1 is 0.789 bits per heavy atom. The zero-order chi connectivity index (χ0) is 39.4. The van der Waals surface area contributed by atoms with Gasteiger partial charge in [-0.2, -0.15) is 0 Å². The first-order chi connectivity index (χ1) is 27.5. The lowest BCUT2D eigenvalue weighted by Crippen LogP contribution is -2.46. The first-order valence-corrected chi connectivity index (χ1v) is 19.6. The summed E-state index contributed by atoms with van der Waals surface area (Å²) in [5.41, 5.74) is 7.67. The van der Waals surface area contributed by atoms with Crippen molar-refractivity contribution in [2.45, 2.75) is 44.8 Å². The fourth-order valence-electron chi connectivity index (χ4n) is 7.94. The van der Waals surface area contributed by atoms with E-state index < -0.39 is 36.0 Å². The van der Waals surface area contributed by atoms with Crippen LogP contribution in [-0.2, 0) is 19.1 Å². The van der Waals surface area contributed by atoms with Crippen LogP contribution in [0.2, 0.25) is 0 Å². The van der Waals surface area contributed by atoms with Crippen molar-refractivity contribution in [2.75, 3.05) is 11.9 Å². The van der Waals surface area contributed by atoms with Gasteiger partial charge in [0.1, 0.15) is 24.1 Å². The van der Waals surface area contributed by atoms with Crippen molar-refractivity contribution in [1.29, 1.82) is 0 Å². The third-order valence-electron chi connectivity index (χ3n) is 10.4. The molecule has 0 aliphatic heterocycles. The van der Waals surface area contributed by atoms with E-state index in [1.165, 1.54) is 0 Å². The molecule has 1 atom stereocenters. The van der Waals surface area contributed by atoms with Crippen LogP contribution in [0.25, 0.3) is 66.0 Å². The van der Waals surface area contributed by atoms with Gasteiger partial charge in [0, 0.05) is 49.5 Å². The average Bonchev–Trinajstić information content (AvgIpc) is 3.90. The number of anilines is 1. The van der Waals surface area contributed by atoms with Crippen molar-refractivity contribution in [1.82, 2.24) is 20.3 Å². The number of carbonyl (C=O) groups is 3. The molecule has 1 aliphatic rings. The van der Waals surface area contributed by atoms with Gasteiger partial charge in [-0.3, -0.25) is 9.59 Å². The molecule has 10 nitrogen and oxygen atoms in total. The summed E-state index contributed by atoms with van der Waals surface area (Å²) in [6, 6.07) is 34.6. The molecule has 11 heteroatoms. The van der Waals surface area contributed by atoms with Crippen molar-refractivity contribution < 1.29 is 23.9 Å². The smallest absolute Gasteiger partial charge is 0.407 e. The minimum atomic E-state index is -1.28. The van der Waals surface area contributed by atoms with E-state index in [4.69, 9.17) is 14.5 Å². The second kappa shape index (κ2) is 14.2. The molecule has 0 saturated carbocycles. The summed E-state index contributed by atoms with van der Waals surface area (Å²) in [4.78, 5) is 52.5. The van der Waals surface area contributed by atoms with Crippen molar-refractivity contribution in [3.8, 4) is 22.5 Å². The van der Waals surface area contributed by atoms with E-state index in [1.54, 1.807) is 26.8 Å². The van der Waals surface area contributed by atoms with Crippen LogP contribution in [0.4, 0.5) is 10.5 Å². The predicted octanol–water partition coefficient (Wildman–Crippen LogP) is 10.4. The van der Waals surface area contributed by atoms with E-state index in [-0.39, 0.29) is 12.5 Å².